The van der Waals surface area contributed by atoms with Crippen LogP contribution in [0.5, 0.6) is 0 Å². The molecule has 2 aliphatic heterocycles. The summed E-state index contributed by atoms with van der Waals surface area (Å²) in [7, 11) is 0. The first-order valence-corrected chi connectivity index (χ1v) is 12.9. The quantitative estimate of drug-likeness (QED) is 0.565. The van der Waals surface area contributed by atoms with Gasteiger partial charge in [-0.3, -0.25) is 9.69 Å². The molecular weight excluding hydrogens is 448 g/mol. The fraction of sp³-hybridized carbons (Fsp3) is 0.333. The molecule has 3 amide bonds. The lowest BCUT2D eigenvalue weighted by Crippen LogP contribution is -2.54. The maximum absolute atomic E-state index is 13.4. The molecule has 2 heterocycles. The fourth-order valence-corrected chi connectivity index (χ4v) is 5.43. The topological polar surface area (TPSA) is 55.9 Å². The van der Waals surface area contributed by atoms with Crippen molar-refractivity contribution in [1.29, 1.82) is 0 Å². The van der Waals surface area contributed by atoms with E-state index in [2.05, 4.69) is 70.9 Å². The summed E-state index contributed by atoms with van der Waals surface area (Å²) in [5, 5.41) is 2.96. The number of piperazine rings is 1. The molecule has 3 aromatic carbocycles. The second kappa shape index (κ2) is 11.4. The van der Waals surface area contributed by atoms with Crippen molar-refractivity contribution in [2.75, 3.05) is 44.6 Å². The minimum atomic E-state index is -0.133. The zero-order chi connectivity index (χ0) is 24.7. The Morgan fingerprint density at radius 2 is 1.25 bits per heavy atom. The standard InChI is InChI=1S/C30H34N4O2/c35-29(26-15-10-18-34(23-26)30(36)31-27-16-8-3-9-17-27)33-21-19-32(20-22-33)28(24-11-4-1-5-12-24)25-13-6-2-7-14-25/h1-9,11-14,16-17,26,28H,10,15,18-23H2,(H,31,36)/t26-/m0/s1. The van der Waals surface area contributed by atoms with E-state index in [1.165, 1.54) is 11.1 Å². The van der Waals surface area contributed by atoms with Crippen LogP contribution in [-0.2, 0) is 4.79 Å². The van der Waals surface area contributed by atoms with Crippen LogP contribution in [0.1, 0.15) is 30.0 Å². The van der Waals surface area contributed by atoms with E-state index in [0.717, 1.165) is 31.6 Å². The van der Waals surface area contributed by atoms with Crippen LogP contribution in [0.3, 0.4) is 0 Å². The molecule has 36 heavy (non-hydrogen) atoms. The molecule has 0 aliphatic carbocycles. The highest BCUT2D eigenvalue weighted by Crippen LogP contribution is 2.30. The van der Waals surface area contributed by atoms with Gasteiger partial charge in [0.1, 0.15) is 0 Å². The first kappa shape index (κ1) is 24.1. The molecule has 5 rings (SSSR count). The van der Waals surface area contributed by atoms with Gasteiger partial charge in [0.05, 0.1) is 12.0 Å². The van der Waals surface area contributed by atoms with Crippen LogP contribution >= 0.6 is 0 Å². The number of amides is 3. The molecule has 0 radical (unpaired) electrons. The van der Waals surface area contributed by atoms with Gasteiger partial charge in [-0.15, -0.1) is 0 Å². The van der Waals surface area contributed by atoms with E-state index >= 15 is 0 Å². The molecule has 2 saturated heterocycles. The van der Waals surface area contributed by atoms with Crippen molar-refractivity contribution in [3.63, 3.8) is 0 Å². The summed E-state index contributed by atoms with van der Waals surface area (Å²) in [4.78, 5) is 32.5. The second-order valence-corrected chi connectivity index (χ2v) is 9.67. The third-order valence-corrected chi connectivity index (χ3v) is 7.30. The van der Waals surface area contributed by atoms with Crippen LogP contribution in [0.25, 0.3) is 0 Å². The SMILES string of the molecule is O=C(Nc1ccccc1)N1CCC[C@H](C(=O)N2CCN(C(c3ccccc3)c3ccccc3)CC2)C1. The van der Waals surface area contributed by atoms with E-state index in [-0.39, 0.29) is 23.9 Å². The number of hydrogen-bond donors (Lipinski definition) is 1. The summed E-state index contributed by atoms with van der Waals surface area (Å²) in [5.41, 5.74) is 3.32. The summed E-state index contributed by atoms with van der Waals surface area (Å²) in [6.45, 7) is 4.24. The molecule has 0 unspecified atom stereocenters. The third-order valence-electron chi connectivity index (χ3n) is 7.30. The number of urea groups is 1. The molecule has 2 fully saturated rings. The Balaban J connectivity index is 1.20. The lowest BCUT2D eigenvalue weighted by Gasteiger charge is -2.41. The monoisotopic (exact) mass is 482 g/mol. The molecule has 0 spiro atoms. The molecule has 6 heteroatoms. The molecular formula is C30H34N4O2. The molecule has 3 aromatic rings. The minimum Gasteiger partial charge on any atom is -0.340 e. The molecule has 2 aliphatic rings. The van der Waals surface area contributed by atoms with Crippen LogP contribution in [0.2, 0.25) is 0 Å². The fourth-order valence-electron chi connectivity index (χ4n) is 5.43. The van der Waals surface area contributed by atoms with Gasteiger partial charge >= 0.3 is 6.03 Å². The number of carbonyl (C=O) groups is 2. The van der Waals surface area contributed by atoms with Gasteiger partial charge in [-0.1, -0.05) is 78.9 Å². The van der Waals surface area contributed by atoms with Gasteiger partial charge < -0.3 is 15.1 Å². The number of anilines is 1. The van der Waals surface area contributed by atoms with Gasteiger partial charge in [0, 0.05) is 45.0 Å². The number of para-hydroxylation sites is 1. The summed E-state index contributed by atoms with van der Waals surface area (Å²) < 4.78 is 0. The van der Waals surface area contributed by atoms with Crippen LogP contribution in [0, 0.1) is 5.92 Å². The van der Waals surface area contributed by atoms with Crippen LogP contribution in [0.4, 0.5) is 10.5 Å². The van der Waals surface area contributed by atoms with Gasteiger partial charge in [0.2, 0.25) is 5.91 Å². The average molecular weight is 483 g/mol. The van der Waals surface area contributed by atoms with Gasteiger partial charge in [-0.2, -0.15) is 0 Å². The Kier molecular flexibility index (Phi) is 7.62. The average Bonchev–Trinajstić information content (AvgIpc) is 2.95. The minimum absolute atomic E-state index is 0.128. The van der Waals surface area contributed by atoms with Crippen LogP contribution in [0.15, 0.2) is 91.0 Å². The Hall–Kier alpha value is -3.64. The maximum atomic E-state index is 13.4. The molecule has 0 saturated carbocycles. The van der Waals surface area contributed by atoms with E-state index in [1.807, 2.05) is 35.2 Å². The number of likely N-dealkylation sites (tertiary alicyclic amines) is 1. The molecule has 1 atom stereocenters. The second-order valence-electron chi connectivity index (χ2n) is 9.67. The highest BCUT2D eigenvalue weighted by Gasteiger charge is 2.34. The Labute approximate surface area is 213 Å². The normalized spacial score (nSPS) is 18.8. The van der Waals surface area contributed by atoms with Gasteiger partial charge in [0.25, 0.3) is 0 Å². The van der Waals surface area contributed by atoms with Gasteiger partial charge in [-0.25, -0.2) is 4.79 Å². The predicted octanol–water partition coefficient (Wildman–Crippen LogP) is 4.86. The number of rotatable bonds is 5. The van der Waals surface area contributed by atoms with Crippen molar-refractivity contribution in [3.8, 4) is 0 Å². The summed E-state index contributed by atoms with van der Waals surface area (Å²) in [5.74, 6) is 0.0497. The van der Waals surface area contributed by atoms with Gasteiger partial charge in [-0.05, 0) is 36.1 Å². The number of hydrogen-bond acceptors (Lipinski definition) is 3. The van der Waals surface area contributed by atoms with E-state index in [9.17, 15) is 9.59 Å². The number of nitrogens with one attached hydrogen (secondary N) is 1. The number of piperidine rings is 1. The Morgan fingerprint density at radius 1 is 0.694 bits per heavy atom. The summed E-state index contributed by atoms with van der Waals surface area (Å²) in [6.07, 6.45) is 1.69. The van der Waals surface area contributed by atoms with E-state index in [4.69, 9.17) is 0 Å². The zero-order valence-electron chi connectivity index (χ0n) is 20.6. The summed E-state index contributed by atoms with van der Waals surface area (Å²) >= 11 is 0. The Bertz CT molecular complexity index is 1090. The molecule has 0 aromatic heterocycles. The lowest BCUT2D eigenvalue weighted by molar-refractivity contribution is -0.138. The zero-order valence-corrected chi connectivity index (χ0v) is 20.6. The van der Waals surface area contributed by atoms with E-state index in [0.29, 0.717) is 26.2 Å². The van der Waals surface area contributed by atoms with Crippen molar-refractivity contribution < 1.29 is 9.59 Å². The highest BCUT2D eigenvalue weighted by molar-refractivity contribution is 5.90. The predicted molar refractivity (Wildman–Crippen MR) is 143 cm³/mol. The molecule has 0 bridgehead atoms. The number of benzene rings is 3. The van der Waals surface area contributed by atoms with Crippen molar-refractivity contribution in [2.24, 2.45) is 5.92 Å². The Morgan fingerprint density at radius 3 is 1.83 bits per heavy atom. The first-order valence-electron chi connectivity index (χ1n) is 12.9. The van der Waals surface area contributed by atoms with E-state index < -0.39 is 0 Å². The third kappa shape index (κ3) is 5.60. The maximum Gasteiger partial charge on any atom is 0.321 e. The lowest BCUT2D eigenvalue weighted by atomic mass is 9.95. The van der Waals surface area contributed by atoms with E-state index in [1.54, 1.807) is 4.90 Å². The molecule has 186 valence electrons. The molecule has 1 N–H and O–H groups in total. The van der Waals surface area contributed by atoms with Crippen LogP contribution in [-0.4, -0.2) is 65.9 Å². The number of nitrogens with zero attached hydrogens (tertiary/aromatic N) is 3. The largest absolute Gasteiger partial charge is 0.340 e. The highest BCUT2D eigenvalue weighted by atomic mass is 16.2. The van der Waals surface area contributed by atoms with Crippen molar-refractivity contribution in [1.82, 2.24) is 14.7 Å². The van der Waals surface area contributed by atoms with Crippen molar-refractivity contribution in [3.05, 3.63) is 102 Å². The van der Waals surface area contributed by atoms with Gasteiger partial charge in [0.15, 0.2) is 0 Å². The van der Waals surface area contributed by atoms with Crippen LogP contribution < -0.4 is 5.32 Å². The first-order chi connectivity index (χ1) is 17.7. The van der Waals surface area contributed by atoms with Crippen molar-refractivity contribution in [2.45, 2.75) is 18.9 Å². The van der Waals surface area contributed by atoms with Crippen molar-refractivity contribution >= 4 is 17.6 Å². The summed E-state index contributed by atoms with van der Waals surface area (Å²) in [6, 6.07) is 30.7. The molecule has 6 nitrogen and oxygen atoms in total. The number of carbonyl (C=O) groups excluding carboxylic acids is 2. The smallest absolute Gasteiger partial charge is 0.321 e.